The molecular weight excluding hydrogens is 390 g/mol. The Morgan fingerprint density at radius 1 is 1.03 bits per heavy atom. The summed E-state index contributed by atoms with van der Waals surface area (Å²) in [6.45, 7) is 1.86. The van der Waals surface area contributed by atoms with E-state index in [0.717, 1.165) is 5.56 Å². The number of hydrogen-bond donors (Lipinski definition) is 4. The highest BCUT2D eigenvalue weighted by Crippen LogP contribution is 2.22. The van der Waals surface area contributed by atoms with Crippen LogP contribution in [-0.2, 0) is 22.5 Å². The molecule has 2 aromatic rings. The number of rotatable bonds is 9. The summed E-state index contributed by atoms with van der Waals surface area (Å²) >= 11 is 0. The zero-order chi connectivity index (χ0) is 22.3. The SMILES string of the molecule is COC(=O)c1ccc(CC(C)NCC(O)c2ccc(O)c(CO)c2)cc1C(=O)OC. The van der Waals surface area contributed by atoms with Crippen LogP contribution in [-0.4, -0.2) is 54.1 Å². The fourth-order valence-corrected chi connectivity index (χ4v) is 3.08. The molecule has 2 rings (SSSR count). The van der Waals surface area contributed by atoms with Gasteiger partial charge in [-0.05, 0) is 48.7 Å². The Morgan fingerprint density at radius 2 is 1.70 bits per heavy atom. The topological polar surface area (TPSA) is 125 Å². The Balaban J connectivity index is 2.04. The number of carbonyl (C=O) groups is 2. The van der Waals surface area contributed by atoms with Gasteiger partial charge in [-0.15, -0.1) is 0 Å². The van der Waals surface area contributed by atoms with Gasteiger partial charge in [0.15, 0.2) is 0 Å². The zero-order valence-electron chi connectivity index (χ0n) is 17.2. The standard InChI is InChI=1S/C22H27NO7/c1-13(23-11-20(26)15-5-7-19(25)16(10-15)12-24)8-14-4-6-17(21(27)29-2)18(9-14)22(28)30-3/h4-7,9-10,13,20,23-26H,8,11-12H2,1-3H3. The number of methoxy groups -OCH3 is 2. The summed E-state index contributed by atoms with van der Waals surface area (Å²) in [5.74, 6) is -1.26. The maximum absolute atomic E-state index is 12.0. The lowest BCUT2D eigenvalue weighted by Gasteiger charge is -2.19. The van der Waals surface area contributed by atoms with Gasteiger partial charge in [-0.25, -0.2) is 9.59 Å². The van der Waals surface area contributed by atoms with Gasteiger partial charge in [0, 0.05) is 18.2 Å². The second-order valence-electron chi connectivity index (χ2n) is 6.94. The number of hydrogen-bond acceptors (Lipinski definition) is 8. The van der Waals surface area contributed by atoms with Crippen molar-refractivity contribution in [1.82, 2.24) is 5.32 Å². The molecule has 0 aliphatic rings. The van der Waals surface area contributed by atoms with Gasteiger partial charge < -0.3 is 30.1 Å². The second-order valence-corrected chi connectivity index (χ2v) is 6.94. The molecule has 0 fully saturated rings. The first-order valence-corrected chi connectivity index (χ1v) is 9.44. The summed E-state index contributed by atoms with van der Waals surface area (Å²) in [5, 5.41) is 32.5. The summed E-state index contributed by atoms with van der Waals surface area (Å²) in [6, 6.07) is 9.40. The van der Waals surface area contributed by atoms with E-state index in [4.69, 9.17) is 9.47 Å². The monoisotopic (exact) mass is 417 g/mol. The third-order valence-electron chi connectivity index (χ3n) is 4.75. The molecule has 30 heavy (non-hydrogen) atoms. The first-order valence-electron chi connectivity index (χ1n) is 9.44. The molecule has 0 radical (unpaired) electrons. The van der Waals surface area contributed by atoms with E-state index in [1.807, 2.05) is 6.92 Å². The third-order valence-corrected chi connectivity index (χ3v) is 4.75. The fourth-order valence-electron chi connectivity index (χ4n) is 3.08. The summed E-state index contributed by atoms with van der Waals surface area (Å²) in [7, 11) is 2.49. The van der Waals surface area contributed by atoms with Crippen molar-refractivity contribution in [3.05, 3.63) is 64.2 Å². The van der Waals surface area contributed by atoms with Crippen molar-refractivity contribution in [3.8, 4) is 5.75 Å². The van der Waals surface area contributed by atoms with Crippen LogP contribution in [0.3, 0.4) is 0 Å². The van der Waals surface area contributed by atoms with E-state index in [1.54, 1.807) is 24.3 Å². The Bertz CT molecular complexity index is 897. The number of aromatic hydroxyl groups is 1. The first kappa shape index (κ1) is 23.3. The van der Waals surface area contributed by atoms with Crippen LogP contribution >= 0.6 is 0 Å². The van der Waals surface area contributed by atoms with Crippen molar-refractivity contribution in [2.24, 2.45) is 0 Å². The Labute approximate surface area is 175 Å². The number of ether oxygens (including phenoxy) is 2. The molecule has 4 N–H and O–H groups in total. The van der Waals surface area contributed by atoms with Gasteiger partial charge in [0.05, 0.1) is 38.1 Å². The molecule has 0 saturated heterocycles. The lowest BCUT2D eigenvalue weighted by atomic mass is 9.99. The van der Waals surface area contributed by atoms with Crippen LogP contribution in [0.25, 0.3) is 0 Å². The van der Waals surface area contributed by atoms with E-state index >= 15 is 0 Å². The zero-order valence-corrected chi connectivity index (χ0v) is 17.2. The van der Waals surface area contributed by atoms with Gasteiger partial charge >= 0.3 is 11.9 Å². The maximum Gasteiger partial charge on any atom is 0.338 e. The average Bonchev–Trinajstić information content (AvgIpc) is 2.76. The number of carbonyl (C=O) groups excluding carboxylic acids is 2. The number of aliphatic hydroxyl groups is 2. The van der Waals surface area contributed by atoms with E-state index in [2.05, 4.69) is 5.32 Å². The van der Waals surface area contributed by atoms with Crippen molar-refractivity contribution in [2.75, 3.05) is 20.8 Å². The van der Waals surface area contributed by atoms with Gasteiger partial charge in [0.1, 0.15) is 5.75 Å². The van der Waals surface area contributed by atoms with E-state index < -0.39 is 18.0 Å². The first-order chi connectivity index (χ1) is 14.3. The molecular formula is C22H27NO7. The number of nitrogens with one attached hydrogen (secondary N) is 1. The minimum Gasteiger partial charge on any atom is -0.508 e. The minimum atomic E-state index is -0.828. The third kappa shape index (κ3) is 5.79. The molecule has 0 aliphatic heterocycles. The maximum atomic E-state index is 12.0. The molecule has 0 saturated carbocycles. The van der Waals surface area contributed by atoms with Crippen LogP contribution in [0.1, 0.15) is 50.4 Å². The van der Waals surface area contributed by atoms with Crippen LogP contribution in [0.2, 0.25) is 0 Å². The summed E-state index contributed by atoms with van der Waals surface area (Å²) < 4.78 is 9.46. The van der Waals surface area contributed by atoms with Crippen LogP contribution < -0.4 is 5.32 Å². The predicted octanol–water partition coefficient (Wildman–Crippen LogP) is 1.71. The molecule has 0 spiro atoms. The molecule has 2 unspecified atom stereocenters. The summed E-state index contributed by atoms with van der Waals surface area (Å²) in [5.41, 5.74) is 2.00. The average molecular weight is 417 g/mol. The lowest BCUT2D eigenvalue weighted by molar-refractivity contribution is 0.0555. The van der Waals surface area contributed by atoms with E-state index in [9.17, 15) is 24.9 Å². The Hall–Kier alpha value is -2.94. The van der Waals surface area contributed by atoms with Crippen LogP contribution in [0, 0.1) is 0 Å². The highest BCUT2D eigenvalue weighted by atomic mass is 16.5. The molecule has 0 heterocycles. The smallest absolute Gasteiger partial charge is 0.338 e. The minimum absolute atomic E-state index is 0.0217. The summed E-state index contributed by atoms with van der Waals surface area (Å²) in [4.78, 5) is 23.9. The van der Waals surface area contributed by atoms with Gasteiger partial charge in [-0.3, -0.25) is 0 Å². The van der Waals surface area contributed by atoms with Gasteiger partial charge in [-0.2, -0.15) is 0 Å². The van der Waals surface area contributed by atoms with E-state index in [0.29, 0.717) is 17.5 Å². The van der Waals surface area contributed by atoms with Crippen molar-refractivity contribution < 1.29 is 34.4 Å². The lowest BCUT2D eigenvalue weighted by Crippen LogP contribution is -2.32. The quantitative estimate of drug-likeness (QED) is 0.455. The van der Waals surface area contributed by atoms with Crippen molar-refractivity contribution >= 4 is 11.9 Å². The second kappa shape index (κ2) is 10.7. The normalized spacial score (nSPS) is 12.8. The van der Waals surface area contributed by atoms with Gasteiger partial charge in [-0.1, -0.05) is 12.1 Å². The molecule has 0 aromatic heterocycles. The van der Waals surface area contributed by atoms with Gasteiger partial charge in [0.25, 0.3) is 0 Å². The number of aliphatic hydroxyl groups excluding tert-OH is 2. The molecule has 2 atom stereocenters. The highest BCUT2D eigenvalue weighted by Gasteiger charge is 2.19. The highest BCUT2D eigenvalue weighted by molar-refractivity contribution is 6.03. The van der Waals surface area contributed by atoms with Gasteiger partial charge in [0.2, 0.25) is 0 Å². The predicted molar refractivity (Wildman–Crippen MR) is 109 cm³/mol. The van der Waals surface area contributed by atoms with E-state index in [1.165, 1.54) is 26.4 Å². The number of benzene rings is 2. The molecule has 0 aliphatic carbocycles. The molecule has 8 nitrogen and oxygen atoms in total. The molecule has 8 heteroatoms. The molecule has 0 amide bonds. The molecule has 0 bridgehead atoms. The van der Waals surface area contributed by atoms with Crippen LogP contribution in [0.5, 0.6) is 5.75 Å². The molecule has 2 aromatic carbocycles. The Morgan fingerprint density at radius 3 is 2.33 bits per heavy atom. The van der Waals surface area contributed by atoms with Crippen molar-refractivity contribution in [1.29, 1.82) is 0 Å². The van der Waals surface area contributed by atoms with E-state index in [-0.39, 0.29) is 36.1 Å². The molecule has 162 valence electrons. The van der Waals surface area contributed by atoms with Crippen molar-refractivity contribution in [3.63, 3.8) is 0 Å². The number of esters is 2. The fraction of sp³-hybridized carbons (Fsp3) is 0.364. The van der Waals surface area contributed by atoms with Crippen LogP contribution in [0.15, 0.2) is 36.4 Å². The largest absolute Gasteiger partial charge is 0.508 e. The van der Waals surface area contributed by atoms with Crippen LogP contribution in [0.4, 0.5) is 0 Å². The number of phenols is 1. The summed E-state index contributed by atoms with van der Waals surface area (Å²) in [6.07, 6.45) is -0.291. The Kier molecular flexibility index (Phi) is 8.35. The van der Waals surface area contributed by atoms with Crippen molar-refractivity contribution in [2.45, 2.75) is 32.1 Å².